The lowest BCUT2D eigenvalue weighted by molar-refractivity contribution is 0.168. The van der Waals surface area contributed by atoms with Crippen LogP contribution in [0.15, 0.2) is 43.0 Å². The Morgan fingerprint density at radius 1 is 1.20 bits per heavy atom. The Balaban J connectivity index is 1.76. The Bertz CT molecular complexity index is 803. The third-order valence-electron chi connectivity index (χ3n) is 4.20. The van der Waals surface area contributed by atoms with Crippen LogP contribution in [0.5, 0.6) is 5.75 Å². The van der Waals surface area contributed by atoms with Gasteiger partial charge in [-0.15, -0.1) is 11.3 Å². The van der Waals surface area contributed by atoms with Crippen LogP contribution in [-0.4, -0.2) is 15.7 Å². The molecule has 0 aliphatic rings. The quantitative estimate of drug-likeness (QED) is 0.538. The van der Waals surface area contributed by atoms with Gasteiger partial charge in [0.15, 0.2) is 0 Å². The number of thiophene rings is 1. The van der Waals surface area contributed by atoms with Crippen molar-refractivity contribution in [2.75, 3.05) is 0 Å². The van der Waals surface area contributed by atoms with Crippen LogP contribution in [-0.2, 0) is 13.0 Å². The van der Waals surface area contributed by atoms with Gasteiger partial charge in [-0.1, -0.05) is 29.3 Å². The summed E-state index contributed by atoms with van der Waals surface area (Å²) in [4.78, 5) is 5.44. The number of ether oxygens (including phenoxy) is 1. The summed E-state index contributed by atoms with van der Waals surface area (Å²) in [6.07, 6.45) is 7.59. The van der Waals surface area contributed by atoms with Crippen LogP contribution < -0.4 is 4.74 Å². The SMILES string of the molecule is Cc1cc(C)c(OC(CCc2ccc(Cl)s2)Cn2ccnc2)c(C)c1. The van der Waals surface area contributed by atoms with Crippen LogP contribution in [0.1, 0.15) is 28.0 Å². The minimum absolute atomic E-state index is 0.0789. The summed E-state index contributed by atoms with van der Waals surface area (Å²) >= 11 is 7.69. The van der Waals surface area contributed by atoms with E-state index in [1.807, 2.05) is 18.6 Å². The average Bonchev–Trinajstić information content (AvgIpc) is 3.19. The first-order valence-corrected chi connectivity index (χ1v) is 9.65. The van der Waals surface area contributed by atoms with Crippen molar-refractivity contribution in [1.82, 2.24) is 9.55 Å². The number of nitrogens with zero attached hydrogens (tertiary/aromatic N) is 2. The molecule has 0 spiro atoms. The topological polar surface area (TPSA) is 27.1 Å². The molecular weight excluding hydrogens is 352 g/mol. The molecule has 5 heteroatoms. The number of aromatic nitrogens is 2. The van der Waals surface area contributed by atoms with E-state index in [0.717, 1.165) is 29.5 Å². The Morgan fingerprint density at radius 2 is 1.96 bits per heavy atom. The van der Waals surface area contributed by atoms with Gasteiger partial charge in [0, 0.05) is 17.3 Å². The minimum Gasteiger partial charge on any atom is -0.488 e. The predicted molar refractivity (Wildman–Crippen MR) is 105 cm³/mol. The number of halogens is 1. The number of rotatable bonds is 7. The maximum absolute atomic E-state index is 6.46. The summed E-state index contributed by atoms with van der Waals surface area (Å²) in [5, 5.41) is 0. The fourth-order valence-electron chi connectivity index (χ4n) is 3.13. The van der Waals surface area contributed by atoms with E-state index in [1.54, 1.807) is 17.5 Å². The van der Waals surface area contributed by atoms with Gasteiger partial charge >= 0.3 is 0 Å². The van der Waals surface area contributed by atoms with Crippen molar-refractivity contribution in [3.05, 3.63) is 68.9 Å². The maximum Gasteiger partial charge on any atom is 0.125 e. The number of hydrogen-bond acceptors (Lipinski definition) is 3. The molecule has 0 saturated carbocycles. The molecule has 3 rings (SSSR count). The molecule has 1 aromatic carbocycles. The Labute approximate surface area is 158 Å². The summed E-state index contributed by atoms with van der Waals surface area (Å²) in [6, 6.07) is 8.41. The van der Waals surface area contributed by atoms with Crippen LogP contribution >= 0.6 is 22.9 Å². The van der Waals surface area contributed by atoms with Gasteiger partial charge in [0.1, 0.15) is 11.9 Å². The van der Waals surface area contributed by atoms with Gasteiger partial charge in [-0.2, -0.15) is 0 Å². The zero-order chi connectivity index (χ0) is 17.8. The fraction of sp³-hybridized carbons (Fsp3) is 0.350. The van der Waals surface area contributed by atoms with Crippen LogP contribution in [0, 0.1) is 20.8 Å². The smallest absolute Gasteiger partial charge is 0.125 e. The molecule has 132 valence electrons. The lowest BCUT2D eigenvalue weighted by Gasteiger charge is -2.22. The summed E-state index contributed by atoms with van der Waals surface area (Å²) < 4.78 is 9.37. The lowest BCUT2D eigenvalue weighted by atomic mass is 10.1. The van der Waals surface area contributed by atoms with E-state index in [0.29, 0.717) is 0 Å². The molecule has 2 aromatic heterocycles. The van der Waals surface area contributed by atoms with E-state index in [9.17, 15) is 0 Å². The number of hydrogen-bond donors (Lipinski definition) is 0. The molecule has 0 saturated heterocycles. The first-order valence-electron chi connectivity index (χ1n) is 8.45. The third kappa shape index (κ3) is 4.86. The first-order chi connectivity index (χ1) is 12.0. The largest absolute Gasteiger partial charge is 0.488 e. The Kier molecular flexibility index (Phi) is 5.82. The highest BCUT2D eigenvalue weighted by molar-refractivity contribution is 7.16. The molecule has 0 fully saturated rings. The number of aryl methyl sites for hydroxylation is 4. The first kappa shape index (κ1) is 18.0. The van der Waals surface area contributed by atoms with Crippen LogP contribution in [0.25, 0.3) is 0 Å². The van der Waals surface area contributed by atoms with Crippen LogP contribution in [0.3, 0.4) is 0 Å². The second-order valence-corrected chi connectivity index (χ2v) is 8.27. The molecule has 0 radical (unpaired) electrons. The van der Waals surface area contributed by atoms with Gasteiger partial charge in [0.2, 0.25) is 0 Å². The molecule has 1 unspecified atom stereocenters. The normalized spacial score (nSPS) is 12.3. The Morgan fingerprint density at radius 3 is 2.56 bits per heavy atom. The van der Waals surface area contributed by atoms with Gasteiger partial charge in [-0.25, -0.2) is 4.98 Å². The van der Waals surface area contributed by atoms with Gasteiger partial charge < -0.3 is 9.30 Å². The summed E-state index contributed by atoms with van der Waals surface area (Å²) in [6.45, 7) is 7.13. The standard InChI is InChI=1S/C20H23ClN2OS/c1-14-10-15(2)20(16(3)11-14)24-17(12-23-9-8-22-13-23)4-5-18-6-7-19(21)25-18/h6-11,13,17H,4-5,12H2,1-3H3. The number of imidazole rings is 1. The molecule has 2 heterocycles. The van der Waals surface area contributed by atoms with E-state index < -0.39 is 0 Å². The highest BCUT2D eigenvalue weighted by Crippen LogP contribution is 2.28. The molecule has 3 aromatic rings. The lowest BCUT2D eigenvalue weighted by Crippen LogP contribution is -2.24. The summed E-state index contributed by atoms with van der Waals surface area (Å²) in [5.41, 5.74) is 3.64. The van der Waals surface area contributed by atoms with Crippen molar-refractivity contribution in [1.29, 1.82) is 0 Å². The van der Waals surface area contributed by atoms with Crippen molar-refractivity contribution in [3.8, 4) is 5.75 Å². The maximum atomic E-state index is 6.46. The highest BCUT2D eigenvalue weighted by atomic mass is 35.5. The molecule has 0 amide bonds. The molecule has 0 aliphatic carbocycles. The fourth-order valence-corrected chi connectivity index (χ4v) is 4.23. The van der Waals surface area contributed by atoms with Crippen molar-refractivity contribution in [3.63, 3.8) is 0 Å². The molecule has 0 N–H and O–H groups in total. The molecule has 3 nitrogen and oxygen atoms in total. The van der Waals surface area contributed by atoms with Crippen molar-refractivity contribution < 1.29 is 4.74 Å². The van der Waals surface area contributed by atoms with Crippen LogP contribution in [0.2, 0.25) is 4.34 Å². The van der Waals surface area contributed by atoms with Gasteiger partial charge in [-0.3, -0.25) is 0 Å². The van der Waals surface area contributed by atoms with Gasteiger partial charge in [0.25, 0.3) is 0 Å². The molecular formula is C20H23ClN2OS. The summed E-state index contributed by atoms with van der Waals surface area (Å²) in [7, 11) is 0. The van der Waals surface area contributed by atoms with Gasteiger partial charge in [-0.05, 0) is 56.9 Å². The molecule has 0 bridgehead atoms. The van der Waals surface area contributed by atoms with Crippen molar-refractivity contribution in [2.24, 2.45) is 0 Å². The Hall–Kier alpha value is -1.78. The van der Waals surface area contributed by atoms with E-state index in [1.165, 1.54) is 21.6 Å². The zero-order valence-corrected chi connectivity index (χ0v) is 16.4. The third-order valence-corrected chi connectivity index (χ3v) is 5.50. The minimum atomic E-state index is 0.0789. The number of benzene rings is 1. The molecule has 25 heavy (non-hydrogen) atoms. The van der Waals surface area contributed by atoms with E-state index in [-0.39, 0.29) is 6.10 Å². The van der Waals surface area contributed by atoms with Gasteiger partial charge in [0.05, 0.1) is 17.2 Å². The van der Waals surface area contributed by atoms with E-state index >= 15 is 0 Å². The van der Waals surface area contributed by atoms with Crippen molar-refractivity contribution in [2.45, 2.75) is 46.3 Å². The van der Waals surface area contributed by atoms with Crippen molar-refractivity contribution >= 4 is 22.9 Å². The highest BCUT2D eigenvalue weighted by Gasteiger charge is 2.16. The van der Waals surface area contributed by atoms with Crippen LogP contribution in [0.4, 0.5) is 0 Å². The summed E-state index contributed by atoms with van der Waals surface area (Å²) in [5.74, 6) is 1.000. The monoisotopic (exact) mass is 374 g/mol. The van der Waals surface area contributed by atoms with E-state index in [4.69, 9.17) is 16.3 Å². The second kappa shape index (κ2) is 8.07. The zero-order valence-electron chi connectivity index (χ0n) is 14.8. The predicted octanol–water partition coefficient (Wildman–Crippen LogP) is 5.60. The molecule has 1 atom stereocenters. The second-order valence-electron chi connectivity index (χ2n) is 6.47. The van der Waals surface area contributed by atoms with E-state index in [2.05, 4.69) is 48.5 Å². The molecule has 0 aliphatic heterocycles. The average molecular weight is 375 g/mol.